The highest BCUT2D eigenvalue weighted by Crippen LogP contribution is 2.56. The molecule has 0 aromatic rings. The molecule has 0 radical (unpaired) electrons. The molecule has 2 aliphatic rings. The van der Waals surface area contributed by atoms with Crippen LogP contribution in [0.5, 0.6) is 0 Å². The monoisotopic (exact) mass is 128 g/mol. The highest BCUT2D eigenvalue weighted by molar-refractivity contribution is 5.03. The van der Waals surface area contributed by atoms with Crippen molar-refractivity contribution in [1.82, 2.24) is 0 Å². The van der Waals surface area contributed by atoms with Crippen molar-refractivity contribution < 1.29 is 9.84 Å². The molecular formula is C7H12O2. The zero-order valence-corrected chi connectivity index (χ0v) is 5.47. The first kappa shape index (κ1) is 5.69. The van der Waals surface area contributed by atoms with E-state index in [4.69, 9.17) is 9.84 Å². The van der Waals surface area contributed by atoms with Gasteiger partial charge in [0.05, 0.1) is 6.61 Å². The minimum Gasteiger partial charge on any atom is -0.396 e. The zero-order chi connectivity index (χ0) is 6.32. The van der Waals surface area contributed by atoms with E-state index in [1.165, 1.54) is 6.42 Å². The number of hydrogen-bond acceptors (Lipinski definition) is 2. The second-order valence-corrected chi connectivity index (χ2v) is 3.25. The smallest absolute Gasteiger partial charge is 0.0500 e. The van der Waals surface area contributed by atoms with Gasteiger partial charge < -0.3 is 9.84 Å². The summed E-state index contributed by atoms with van der Waals surface area (Å²) in [7, 11) is 0. The molecule has 9 heavy (non-hydrogen) atoms. The van der Waals surface area contributed by atoms with E-state index < -0.39 is 0 Å². The Bertz CT molecular complexity index is 124. The van der Waals surface area contributed by atoms with Gasteiger partial charge in [-0.25, -0.2) is 0 Å². The summed E-state index contributed by atoms with van der Waals surface area (Å²) in [6, 6.07) is 0. The maximum absolute atomic E-state index is 8.94. The van der Waals surface area contributed by atoms with Crippen LogP contribution < -0.4 is 0 Å². The van der Waals surface area contributed by atoms with E-state index in [-0.39, 0.29) is 0 Å². The Balaban J connectivity index is 2.01. The van der Waals surface area contributed by atoms with E-state index in [9.17, 15) is 0 Å². The van der Waals surface area contributed by atoms with Crippen LogP contribution in [-0.4, -0.2) is 24.9 Å². The minimum absolute atomic E-state index is 0.318. The van der Waals surface area contributed by atoms with Crippen LogP contribution in [0.1, 0.15) is 12.8 Å². The molecule has 0 amide bonds. The van der Waals surface area contributed by atoms with Crippen LogP contribution in [0.3, 0.4) is 0 Å². The van der Waals surface area contributed by atoms with E-state index in [1.54, 1.807) is 0 Å². The molecule has 0 bridgehead atoms. The van der Waals surface area contributed by atoms with Gasteiger partial charge in [0.2, 0.25) is 0 Å². The topological polar surface area (TPSA) is 29.5 Å². The normalized spacial score (nSPS) is 48.3. The second kappa shape index (κ2) is 1.70. The van der Waals surface area contributed by atoms with E-state index in [2.05, 4.69) is 0 Å². The lowest BCUT2D eigenvalue weighted by atomic mass is 10.00. The largest absolute Gasteiger partial charge is 0.396 e. The fraction of sp³-hybridized carbons (Fsp3) is 1.00. The van der Waals surface area contributed by atoms with Crippen molar-refractivity contribution >= 4 is 0 Å². The summed E-state index contributed by atoms with van der Waals surface area (Å²) in [5.41, 5.74) is 0.318. The lowest BCUT2D eigenvalue weighted by Gasteiger charge is -2.19. The van der Waals surface area contributed by atoms with Crippen molar-refractivity contribution in [3.05, 3.63) is 0 Å². The summed E-state index contributed by atoms with van der Waals surface area (Å²) in [6.07, 6.45) is 2.28. The Morgan fingerprint density at radius 1 is 1.67 bits per heavy atom. The summed E-state index contributed by atoms with van der Waals surface area (Å²) in [6.45, 7) is 2.12. The first-order valence-electron chi connectivity index (χ1n) is 3.56. The fourth-order valence-electron chi connectivity index (χ4n) is 1.75. The van der Waals surface area contributed by atoms with Gasteiger partial charge >= 0.3 is 0 Å². The van der Waals surface area contributed by atoms with Crippen LogP contribution in [0, 0.1) is 11.3 Å². The molecule has 2 heteroatoms. The van der Waals surface area contributed by atoms with Crippen molar-refractivity contribution in [3.63, 3.8) is 0 Å². The third-order valence-electron chi connectivity index (χ3n) is 2.74. The van der Waals surface area contributed by atoms with Crippen molar-refractivity contribution in [2.75, 3.05) is 19.8 Å². The summed E-state index contributed by atoms with van der Waals surface area (Å²) in [4.78, 5) is 0. The second-order valence-electron chi connectivity index (χ2n) is 3.25. The van der Waals surface area contributed by atoms with Gasteiger partial charge in [0.15, 0.2) is 0 Å². The van der Waals surface area contributed by atoms with Gasteiger partial charge in [-0.3, -0.25) is 0 Å². The van der Waals surface area contributed by atoms with Gasteiger partial charge in [0.1, 0.15) is 0 Å². The third kappa shape index (κ3) is 0.700. The highest BCUT2D eigenvalue weighted by atomic mass is 16.5. The zero-order valence-electron chi connectivity index (χ0n) is 5.47. The van der Waals surface area contributed by atoms with Crippen molar-refractivity contribution in [2.24, 2.45) is 11.3 Å². The van der Waals surface area contributed by atoms with Gasteiger partial charge in [0.25, 0.3) is 0 Å². The summed E-state index contributed by atoms with van der Waals surface area (Å²) < 4.78 is 5.24. The molecule has 2 atom stereocenters. The van der Waals surface area contributed by atoms with E-state index in [0.29, 0.717) is 17.9 Å². The Morgan fingerprint density at radius 2 is 2.56 bits per heavy atom. The Kier molecular flexibility index (Phi) is 1.08. The first-order chi connectivity index (χ1) is 4.37. The summed E-state index contributed by atoms with van der Waals surface area (Å²) in [5, 5.41) is 8.94. The predicted molar refractivity (Wildman–Crippen MR) is 33.1 cm³/mol. The SMILES string of the molecule is OCC12CCOCC1C2. The average molecular weight is 128 g/mol. The molecule has 1 heterocycles. The number of aliphatic hydroxyl groups is 1. The van der Waals surface area contributed by atoms with Crippen molar-refractivity contribution in [1.29, 1.82) is 0 Å². The van der Waals surface area contributed by atoms with E-state index >= 15 is 0 Å². The maximum Gasteiger partial charge on any atom is 0.0500 e. The molecule has 2 nitrogen and oxygen atoms in total. The van der Waals surface area contributed by atoms with Crippen molar-refractivity contribution in [3.8, 4) is 0 Å². The molecule has 0 aromatic carbocycles. The van der Waals surface area contributed by atoms with Gasteiger partial charge in [-0.1, -0.05) is 0 Å². The lowest BCUT2D eigenvalue weighted by molar-refractivity contribution is 0.0394. The molecule has 2 unspecified atom stereocenters. The van der Waals surface area contributed by atoms with Gasteiger partial charge in [0, 0.05) is 18.6 Å². The number of aliphatic hydroxyl groups excluding tert-OH is 1. The van der Waals surface area contributed by atoms with Crippen LogP contribution in [0.25, 0.3) is 0 Å². The third-order valence-corrected chi connectivity index (χ3v) is 2.74. The highest BCUT2D eigenvalue weighted by Gasteiger charge is 2.54. The van der Waals surface area contributed by atoms with Crippen LogP contribution >= 0.6 is 0 Å². The van der Waals surface area contributed by atoms with Crippen molar-refractivity contribution in [2.45, 2.75) is 12.8 Å². The molecule has 2 fully saturated rings. The Labute approximate surface area is 54.8 Å². The minimum atomic E-state index is 0.318. The number of hydrogen-bond donors (Lipinski definition) is 1. The van der Waals surface area contributed by atoms with Gasteiger partial charge in [-0.15, -0.1) is 0 Å². The van der Waals surface area contributed by atoms with Gasteiger partial charge in [-0.2, -0.15) is 0 Å². The Morgan fingerprint density at radius 3 is 3.11 bits per heavy atom. The first-order valence-corrected chi connectivity index (χ1v) is 3.56. The van der Waals surface area contributed by atoms with Crippen LogP contribution in [0.4, 0.5) is 0 Å². The number of rotatable bonds is 1. The van der Waals surface area contributed by atoms with E-state index in [1.807, 2.05) is 0 Å². The average Bonchev–Trinajstić information content (AvgIpc) is 2.62. The molecule has 1 aliphatic heterocycles. The van der Waals surface area contributed by atoms with Crippen LogP contribution in [-0.2, 0) is 4.74 Å². The van der Waals surface area contributed by atoms with Crippen LogP contribution in [0.15, 0.2) is 0 Å². The molecule has 1 saturated carbocycles. The summed E-state index contributed by atoms with van der Waals surface area (Å²) in [5.74, 6) is 0.691. The maximum atomic E-state index is 8.94. The standard InChI is InChI=1S/C7H12O2/c8-5-7-1-2-9-4-6(7)3-7/h6,8H,1-5H2. The predicted octanol–water partition coefficient (Wildman–Crippen LogP) is 0.405. The summed E-state index contributed by atoms with van der Waals surface area (Å²) >= 11 is 0. The number of fused-ring (bicyclic) bond motifs is 1. The molecule has 1 aliphatic carbocycles. The fourth-order valence-corrected chi connectivity index (χ4v) is 1.75. The quantitative estimate of drug-likeness (QED) is 0.554. The molecular weight excluding hydrogens is 116 g/mol. The van der Waals surface area contributed by atoms with Gasteiger partial charge in [-0.05, 0) is 18.8 Å². The lowest BCUT2D eigenvalue weighted by Crippen LogP contribution is -2.20. The molecule has 52 valence electrons. The molecule has 0 spiro atoms. The molecule has 2 rings (SSSR count). The molecule has 0 aromatic heterocycles. The Hall–Kier alpha value is -0.0800. The molecule has 1 saturated heterocycles. The van der Waals surface area contributed by atoms with E-state index in [0.717, 1.165) is 19.6 Å². The van der Waals surface area contributed by atoms with Crippen LogP contribution in [0.2, 0.25) is 0 Å². The molecule has 1 N–H and O–H groups in total. The number of ether oxygens (including phenoxy) is 1.